The van der Waals surface area contributed by atoms with Crippen LogP contribution < -0.4 is 0 Å². The van der Waals surface area contributed by atoms with Crippen molar-refractivity contribution in [2.75, 3.05) is 13.1 Å². The van der Waals surface area contributed by atoms with E-state index in [1.54, 1.807) is 6.07 Å². The van der Waals surface area contributed by atoms with E-state index in [2.05, 4.69) is 5.16 Å². The molecule has 0 N–H and O–H groups in total. The highest BCUT2D eigenvalue weighted by atomic mass is 19.1. The summed E-state index contributed by atoms with van der Waals surface area (Å²) in [6, 6.07) is 8.25. The lowest BCUT2D eigenvalue weighted by molar-refractivity contribution is 0.0658. The molecule has 0 spiro atoms. The fourth-order valence-corrected chi connectivity index (χ4v) is 2.99. The van der Waals surface area contributed by atoms with Crippen LogP contribution in [0.4, 0.5) is 4.39 Å². The molecule has 2 aromatic rings. The molecule has 0 saturated carbocycles. The van der Waals surface area contributed by atoms with E-state index in [1.807, 2.05) is 17.0 Å². The zero-order valence-corrected chi connectivity index (χ0v) is 12.4. The summed E-state index contributed by atoms with van der Waals surface area (Å²) in [5.74, 6) is 0.223. The normalized spacial score (nSPS) is 18.4. The van der Waals surface area contributed by atoms with E-state index < -0.39 is 0 Å². The average Bonchev–Trinajstić information content (AvgIpc) is 3.08. The molecule has 0 aliphatic carbocycles. The number of carbonyl (C=O) groups excluding carboxylic acids is 1. The number of carbonyl (C=O) groups is 1. The number of hydrogen-bond acceptors (Lipinski definition) is 3. The van der Waals surface area contributed by atoms with Gasteiger partial charge in [-0.2, -0.15) is 0 Å². The summed E-state index contributed by atoms with van der Waals surface area (Å²) in [6.07, 6.45) is 5.48. The van der Waals surface area contributed by atoms with Gasteiger partial charge in [0, 0.05) is 19.2 Å². The van der Waals surface area contributed by atoms with Gasteiger partial charge in [0.15, 0.2) is 5.69 Å². The molecule has 5 heteroatoms. The average molecular weight is 302 g/mol. The molecular weight excluding hydrogens is 283 g/mol. The Morgan fingerprint density at radius 3 is 2.86 bits per heavy atom. The van der Waals surface area contributed by atoms with Crippen molar-refractivity contribution in [2.45, 2.75) is 25.7 Å². The minimum atomic E-state index is -0.203. The van der Waals surface area contributed by atoms with Crippen molar-refractivity contribution >= 4 is 5.91 Å². The third-order valence-electron chi connectivity index (χ3n) is 4.22. The SMILES string of the molecule is O=C(c1ccon1)N1CCC[C@@H](CCc2ccc(F)cc2)C1. The van der Waals surface area contributed by atoms with E-state index in [4.69, 9.17) is 4.52 Å². The molecule has 1 aromatic carbocycles. The standard InChI is InChI=1S/C17H19FN2O2/c18-15-7-5-13(6-8-15)3-4-14-2-1-10-20(12-14)17(21)16-9-11-22-19-16/h5-9,11,14H,1-4,10,12H2/t14-/m0/s1. The van der Waals surface area contributed by atoms with Gasteiger partial charge >= 0.3 is 0 Å². The Hall–Kier alpha value is -2.17. The number of amides is 1. The summed E-state index contributed by atoms with van der Waals surface area (Å²) in [5, 5.41) is 3.72. The Balaban J connectivity index is 1.54. The van der Waals surface area contributed by atoms with Crippen LogP contribution in [0.15, 0.2) is 41.1 Å². The van der Waals surface area contributed by atoms with Crippen molar-refractivity contribution < 1.29 is 13.7 Å². The zero-order chi connectivity index (χ0) is 15.4. The first kappa shape index (κ1) is 14.8. The van der Waals surface area contributed by atoms with E-state index in [0.717, 1.165) is 44.3 Å². The highest BCUT2D eigenvalue weighted by Gasteiger charge is 2.25. The second-order valence-corrected chi connectivity index (χ2v) is 5.81. The summed E-state index contributed by atoms with van der Waals surface area (Å²) in [4.78, 5) is 14.1. The van der Waals surface area contributed by atoms with Gasteiger partial charge < -0.3 is 9.42 Å². The number of piperidine rings is 1. The lowest BCUT2D eigenvalue weighted by atomic mass is 9.91. The molecule has 0 radical (unpaired) electrons. The van der Waals surface area contributed by atoms with Crippen molar-refractivity contribution in [1.29, 1.82) is 0 Å². The van der Waals surface area contributed by atoms with Gasteiger partial charge in [-0.25, -0.2) is 4.39 Å². The first-order valence-corrected chi connectivity index (χ1v) is 7.66. The van der Waals surface area contributed by atoms with E-state index >= 15 is 0 Å². The van der Waals surface area contributed by atoms with Crippen LogP contribution in [-0.4, -0.2) is 29.1 Å². The van der Waals surface area contributed by atoms with Crippen LogP contribution in [0.5, 0.6) is 0 Å². The van der Waals surface area contributed by atoms with Gasteiger partial charge in [0.05, 0.1) is 0 Å². The number of aromatic nitrogens is 1. The lowest BCUT2D eigenvalue weighted by Gasteiger charge is -2.32. The van der Waals surface area contributed by atoms with Gasteiger partial charge in [0.25, 0.3) is 5.91 Å². The topological polar surface area (TPSA) is 46.3 Å². The summed E-state index contributed by atoms with van der Waals surface area (Å²) in [7, 11) is 0. The van der Waals surface area contributed by atoms with E-state index in [1.165, 1.54) is 18.4 Å². The largest absolute Gasteiger partial charge is 0.364 e. The second kappa shape index (κ2) is 6.73. The van der Waals surface area contributed by atoms with Gasteiger partial charge in [0.1, 0.15) is 12.1 Å². The molecule has 1 aliphatic heterocycles. The molecule has 4 nitrogen and oxygen atoms in total. The van der Waals surface area contributed by atoms with E-state index in [0.29, 0.717) is 11.6 Å². The van der Waals surface area contributed by atoms with Crippen molar-refractivity contribution in [2.24, 2.45) is 5.92 Å². The van der Waals surface area contributed by atoms with Crippen LogP contribution in [0.3, 0.4) is 0 Å². The van der Waals surface area contributed by atoms with Gasteiger partial charge in [-0.05, 0) is 49.3 Å². The Bertz CT molecular complexity index is 610. The molecule has 2 heterocycles. The minimum absolute atomic E-state index is 0.0553. The maximum Gasteiger partial charge on any atom is 0.276 e. The van der Waals surface area contributed by atoms with Crippen LogP contribution in [0.2, 0.25) is 0 Å². The zero-order valence-electron chi connectivity index (χ0n) is 12.4. The molecule has 1 aliphatic rings. The summed E-state index contributed by atoms with van der Waals surface area (Å²) in [5.41, 5.74) is 1.51. The third kappa shape index (κ3) is 3.53. The van der Waals surface area contributed by atoms with Crippen LogP contribution in [0.1, 0.15) is 35.3 Å². The fraction of sp³-hybridized carbons (Fsp3) is 0.412. The first-order valence-electron chi connectivity index (χ1n) is 7.66. The van der Waals surface area contributed by atoms with Crippen molar-refractivity contribution in [3.8, 4) is 0 Å². The fourth-order valence-electron chi connectivity index (χ4n) is 2.99. The second-order valence-electron chi connectivity index (χ2n) is 5.81. The predicted molar refractivity (Wildman–Crippen MR) is 79.9 cm³/mol. The third-order valence-corrected chi connectivity index (χ3v) is 4.22. The molecule has 116 valence electrons. The van der Waals surface area contributed by atoms with Gasteiger partial charge in [-0.3, -0.25) is 4.79 Å². The Labute approximate surface area is 128 Å². The number of hydrogen-bond donors (Lipinski definition) is 0. The molecule has 0 bridgehead atoms. The molecule has 1 aromatic heterocycles. The Morgan fingerprint density at radius 1 is 1.32 bits per heavy atom. The number of nitrogens with zero attached hydrogens (tertiary/aromatic N) is 2. The number of rotatable bonds is 4. The monoisotopic (exact) mass is 302 g/mol. The maximum absolute atomic E-state index is 12.9. The molecular formula is C17H19FN2O2. The number of halogens is 1. The summed E-state index contributed by atoms with van der Waals surface area (Å²) in [6.45, 7) is 1.53. The van der Waals surface area contributed by atoms with Crippen molar-refractivity contribution in [3.63, 3.8) is 0 Å². The number of benzene rings is 1. The van der Waals surface area contributed by atoms with Crippen LogP contribution in [-0.2, 0) is 6.42 Å². The van der Waals surface area contributed by atoms with Crippen molar-refractivity contribution in [3.05, 3.63) is 53.7 Å². The molecule has 3 rings (SSSR count). The van der Waals surface area contributed by atoms with Crippen LogP contribution in [0, 0.1) is 11.7 Å². The highest BCUT2D eigenvalue weighted by Crippen LogP contribution is 2.22. The van der Waals surface area contributed by atoms with Gasteiger partial charge in [-0.15, -0.1) is 0 Å². The highest BCUT2D eigenvalue weighted by molar-refractivity contribution is 5.92. The summed E-state index contributed by atoms with van der Waals surface area (Å²) < 4.78 is 17.6. The molecule has 0 unspecified atom stereocenters. The van der Waals surface area contributed by atoms with Crippen molar-refractivity contribution in [1.82, 2.24) is 10.1 Å². The molecule has 22 heavy (non-hydrogen) atoms. The van der Waals surface area contributed by atoms with Gasteiger partial charge in [-0.1, -0.05) is 17.3 Å². The predicted octanol–water partition coefficient (Wildman–Crippen LogP) is 3.30. The number of aryl methyl sites for hydroxylation is 1. The molecule has 1 amide bonds. The Kier molecular flexibility index (Phi) is 4.51. The van der Waals surface area contributed by atoms with Gasteiger partial charge in [0.2, 0.25) is 0 Å². The summed E-state index contributed by atoms with van der Waals surface area (Å²) >= 11 is 0. The quantitative estimate of drug-likeness (QED) is 0.870. The van der Waals surface area contributed by atoms with E-state index in [-0.39, 0.29) is 11.7 Å². The smallest absolute Gasteiger partial charge is 0.276 e. The molecule has 1 fully saturated rings. The first-order chi connectivity index (χ1) is 10.7. The number of likely N-dealkylation sites (tertiary alicyclic amines) is 1. The van der Waals surface area contributed by atoms with E-state index in [9.17, 15) is 9.18 Å². The molecule has 1 atom stereocenters. The lowest BCUT2D eigenvalue weighted by Crippen LogP contribution is -2.40. The van der Waals surface area contributed by atoms with Crippen LogP contribution >= 0.6 is 0 Å². The minimum Gasteiger partial charge on any atom is -0.364 e. The Morgan fingerprint density at radius 2 is 2.14 bits per heavy atom. The maximum atomic E-state index is 12.9. The molecule has 1 saturated heterocycles. The van der Waals surface area contributed by atoms with Crippen LogP contribution in [0.25, 0.3) is 0 Å².